The van der Waals surface area contributed by atoms with Crippen LogP contribution in [-0.4, -0.2) is 13.1 Å². The lowest BCUT2D eigenvalue weighted by molar-refractivity contribution is 0.0597. The lowest BCUT2D eigenvalue weighted by atomic mass is 9.87. The molecule has 5 nitrogen and oxygen atoms in total. The van der Waals surface area contributed by atoms with Crippen LogP contribution in [0, 0.1) is 25.2 Å². The summed E-state index contributed by atoms with van der Waals surface area (Å²) < 4.78 is 10.5. The number of hydrogen-bond acceptors (Lipinski definition) is 6. The Bertz CT molecular complexity index is 905. The Hall–Kier alpha value is -2.78. The third kappa shape index (κ3) is 2.43. The lowest BCUT2D eigenvalue weighted by Gasteiger charge is -2.24. The molecule has 0 bridgehead atoms. The number of ether oxygens (including phenoxy) is 2. The van der Waals surface area contributed by atoms with Gasteiger partial charge in [0.05, 0.1) is 17.9 Å². The molecule has 0 aliphatic carbocycles. The first-order valence-corrected chi connectivity index (χ1v) is 8.15. The molecule has 2 aromatic rings. The van der Waals surface area contributed by atoms with E-state index in [4.69, 9.17) is 15.2 Å². The highest BCUT2D eigenvalue weighted by Crippen LogP contribution is 2.49. The summed E-state index contributed by atoms with van der Waals surface area (Å²) in [7, 11) is 1.33. The molecule has 24 heavy (non-hydrogen) atoms. The molecule has 122 valence electrons. The number of rotatable bonds is 2. The van der Waals surface area contributed by atoms with Crippen molar-refractivity contribution in [2.75, 3.05) is 7.11 Å². The summed E-state index contributed by atoms with van der Waals surface area (Å²) in [4.78, 5) is 13.7. The van der Waals surface area contributed by atoms with Crippen molar-refractivity contribution in [2.24, 2.45) is 5.73 Å². The van der Waals surface area contributed by atoms with Crippen LogP contribution >= 0.6 is 11.3 Å². The van der Waals surface area contributed by atoms with Gasteiger partial charge in [-0.2, -0.15) is 5.26 Å². The van der Waals surface area contributed by atoms with Gasteiger partial charge in [0.25, 0.3) is 0 Å². The van der Waals surface area contributed by atoms with Crippen molar-refractivity contribution < 1.29 is 14.3 Å². The molecule has 0 radical (unpaired) electrons. The highest BCUT2D eigenvalue weighted by molar-refractivity contribution is 7.12. The molecule has 0 saturated carbocycles. The number of methoxy groups -OCH3 is 1. The molecular weight excluding hydrogens is 324 g/mol. The lowest BCUT2D eigenvalue weighted by Crippen LogP contribution is -2.21. The standard InChI is InChI=1S/C18H16N2O3S/c1-9-5-4-6-11(7-9)14-12(8-19)17(20)23-15-13(18(21)22-3)10(2)24-16(14)15/h4-7,14H,20H2,1-3H3. The number of aryl methyl sites for hydroxylation is 2. The van der Waals surface area contributed by atoms with E-state index in [1.54, 1.807) is 0 Å². The molecule has 0 amide bonds. The Morgan fingerprint density at radius 2 is 2.17 bits per heavy atom. The minimum absolute atomic E-state index is 0.0273. The van der Waals surface area contributed by atoms with Crippen LogP contribution < -0.4 is 10.5 Å². The SMILES string of the molecule is COC(=O)c1c(C)sc2c1OC(N)=C(C#N)C2c1cccc(C)c1. The van der Waals surface area contributed by atoms with E-state index in [-0.39, 0.29) is 11.8 Å². The summed E-state index contributed by atoms with van der Waals surface area (Å²) in [5, 5.41) is 9.56. The van der Waals surface area contributed by atoms with Crippen molar-refractivity contribution in [3.63, 3.8) is 0 Å². The Balaban J connectivity index is 2.26. The summed E-state index contributed by atoms with van der Waals surface area (Å²) in [6, 6.07) is 10.0. The second-order valence-corrected chi connectivity index (χ2v) is 6.81. The van der Waals surface area contributed by atoms with Crippen LogP contribution in [0.15, 0.2) is 35.7 Å². The molecule has 1 aliphatic rings. The predicted octanol–water partition coefficient (Wildman–Crippen LogP) is 3.37. The number of carbonyl (C=O) groups is 1. The quantitative estimate of drug-likeness (QED) is 0.847. The Morgan fingerprint density at radius 3 is 2.79 bits per heavy atom. The zero-order chi connectivity index (χ0) is 17.4. The molecule has 3 rings (SSSR count). The largest absolute Gasteiger partial charge is 0.465 e. The topological polar surface area (TPSA) is 85.3 Å². The van der Waals surface area contributed by atoms with E-state index in [2.05, 4.69) is 6.07 Å². The van der Waals surface area contributed by atoms with Crippen molar-refractivity contribution in [3.8, 4) is 11.8 Å². The molecular formula is C18H16N2O3S. The molecule has 1 aromatic carbocycles. The smallest absolute Gasteiger partial charge is 0.342 e. The van der Waals surface area contributed by atoms with Gasteiger partial charge in [0, 0.05) is 4.88 Å². The second kappa shape index (κ2) is 6.02. The summed E-state index contributed by atoms with van der Waals surface area (Å²) in [6.07, 6.45) is 0. The molecule has 1 aromatic heterocycles. The van der Waals surface area contributed by atoms with Gasteiger partial charge in [0.2, 0.25) is 5.88 Å². The maximum absolute atomic E-state index is 12.1. The summed E-state index contributed by atoms with van der Waals surface area (Å²) in [5.41, 5.74) is 8.72. The molecule has 1 atom stereocenters. The molecule has 0 saturated heterocycles. The third-order valence-electron chi connectivity index (χ3n) is 3.98. The normalized spacial score (nSPS) is 16.2. The zero-order valence-electron chi connectivity index (χ0n) is 13.5. The van der Waals surface area contributed by atoms with Crippen LogP contribution in [0.5, 0.6) is 5.75 Å². The molecule has 0 fully saturated rings. The monoisotopic (exact) mass is 340 g/mol. The number of esters is 1. The van der Waals surface area contributed by atoms with Gasteiger partial charge in [-0.15, -0.1) is 11.3 Å². The average Bonchev–Trinajstić information content (AvgIpc) is 2.88. The first-order chi connectivity index (χ1) is 11.5. The van der Waals surface area contributed by atoms with Gasteiger partial charge in [-0.05, 0) is 19.4 Å². The van der Waals surface area contributed by atoms with E-state index in [1.807, 2.05) is 38.1 Å². The number of nitrogens with zero attached hydrogens (tertiary/aromatic N) is 1. The fourth-order valence-corrected chi connectivity index (χ4v) is 4.12. The van der Waals surface area contributed by atoms with E-state index < -0.39 is 5.97 Å². The Kier molecular flexibility index (Phi) is 4.04. The first-order valence-electron chi connectivity index (χ1n) is 7.33. The zero-order valence-corrected chi connectivity index (χ0v) is 14.4. The van der Waals surface area contributed by atoms with E-state index in [0.29, 0.717) is 16.9 Å². The van der Waals surface area contributed by atoms with Gasteiger partial charge >= 0.3 is 5.97 Å². The number of thiophene rings is 1. The van der Waals surface area contributed by atoms with Gasteiger partial charge in [-0.1, -0.05) is 29.8 Å². The van der Waals surface area contributed by atoms with Gasteiger partial charge < -0.3 is 15.2 Å². The molecule has 1 aliphatic heterocycles. The number of nitrogens with two attached hydrogens (primary N) is 1. The number of nitriles is 1. The van der Waals surface area contributed by atoms with Crippen molar-refractivity contribution in [3.05, 3.63) is 62.2 Å². The van der Waals surface area contributed by atoms with Crippen LogP contribution in [0.25, 0.3) is 0 Å². The minimum atomic E-state index is -0.471. The van der Waals surface area contributed by atoms with E-state index >= 15 is 0 Å². The number of hydrogen-bond donors (Lipinski definition) is 1. The number of allylic oxidation sites excluding steroid dienone is 1. The molecule has 2 heterocycles. The summed E-state index contributed by atoms with van der Waals surface area (Å²) >= 11 is 1.42. The number of benzene rings is 1. The number of carbonyl (C=O) groups excluding carboxylic acids is 1. The van der Waals surface area contributed by atoms with Gasteiger partial charge in [0.1, 0.15) is 17.2 Å². The molecule has 2 N–H and O–H groups in total. The molecule has 6 heteroatoms. The number of fused-ring (bicyclic) bond motifs is 1. The summed E-state index contributed by atoms with van der Waals surface area (Å²) in [5.74, 6) is -0.395. The molecule has 0 spiro atoms. The first kappa shape index (κ1) is 16.1. The highest BCUT2D eigenvalue weighted by atomic mass is 32.1. The Morgan fingerprint density at radius 1 is 1.42 bits per heavy atom. The maximum atomic E-state index is 12.1. The van der Waals surface area contributed by atoms with Crippen LogP contribution in [0.2, 0.25) is 0 Å². The van der Waals surface area contributed by atoms with Crippen LogP contribution in [0.1, 0.15) is 37.2 Å². The van der Waals surface area contributed by atoms with Crippen LogP contribution in [0.3, 0.4) is 0 Å². The maximum Gasteiger partial charge on any atom is 0.342 e. The van der Waals surface area contributed by atoms with Gasteiger partial charge in [0.15, 0.2) is 5.75 Å². The predicted molar refractivity (Wildman–Crippen MR) is 90.9 cm³/mol. The van der Waals surface area contributed by atoms with E-state index in [1.165, 1.54) is 18.4 Å². The van der Waals surface area contributed by atoms with Crippen LogP contribution in [0.4, 0.5) is 0 Å². The van der Waals surface area contributed by atoms with E-state index in [0.717, 1.165) is 20.9 Å². The van der Waals surface area contributed by atoms with Crippen molar-refractivity contribution in [1.82, 2.24) is 0 Å². The fourth-order valence-electron chi connectivity index (χ4n) is 2.90. The van der Waals surface area contributed by atoms with Gasteiger partial charge in [-0.25, -0.2) is 4.79 Å². The van der Waals surface area contributed by atoms with Crippen molar-refractivity contribution in [1.29, 1.82) is 5.26 Å². The highest BCUT2D eigenvalue weighted by Gasteiger charge is 2.36. The molecule has 1 unspecified atom stereocenters. The van der Waals surface area contributed by atoms with Crippen LogP contribution in [-0.2, 0) is 4.74 Å². The van der Waals surface area contributed by atoms with Gasteiger partial charge in [-0.3, -0.25) is 0 Å². The second-order valence-electron chi connectivity index (χ2n) is 5.56. The van der Waals surface area contributed by atoms with Crippen molar-refractivity contribution in [2.45, 2.75) is 19.8 Å². The third-order valence-corrected chi connectivity index (χ3v) is 5.13. The summed E-state index contributed by atoms with van der Waals surface area (Å²) in [6.45, 7) is 3.82. The van der Waals surface area contributed by atoms with E-state index in [9.17, 15) is 10.1 Å². The average molecular weight is 340 g/mol. The fraction of sp³-hybridized carbons (Fsp3) is 0.222. The van der Waals surface area contributed by atoms with Crippen molar-refractivity contribution >= 4 is 17.3 Å². The minimum Gasteiger partial charge on any atom is -0.465 e. The Labute approximate surface area is 143 Å².